The van der Waals surface area contributed by atoms with Gasteiger partial charge in [0.25, 0.3) is 0 Å². The van der Waals surface area contributed by atoms with Crippen molar-refractivity contribution in [1.29, 1.82) is 0 Å². The van der Waals surface area contributed by atoms with E-state index in [0.717, 1.165) is 21.6 Å². The highest BCUT2D eigenvalue weighted by molar-refractivity contribution is 5.82. The average molecular weight is 285 g/mol. The molecule has 0 fully saturated rings. The maximum Gasteiger partial charge on any atom is 0.471 e. The van der Waals surface area contributed by atoms with E-state index in [1.165, 1.54) is 0 Å². The van der Waals surface area contributed by atoms with Crippen LogP contribution in [-0.4, -0.2) is 23.5 Å². The van der Waals surface area contributed by atoms with Crippen molar-refractivity contribution in [2.75, 3.05) is 6.54 Å². The Balaban J connectivity index is 2.27. The number of benzene rings is 1. The lowest BCUT2D eigenvalue weighted by atomic mass is 9.84. The molecule has 0 bridgehead atoms. The highest BCUT2D eigenvalue weighted by Gasteiger charge is 2.43. The van der Waals surface area contributed by atoms with Crippen molar-refractivity contribution in [3.63, 3.8) is 0 Å². The van der Waals surface area contributed by atoms with Crippen LogP contribution in [0.4, 0.5) is 13.2 Å². The van der Waals surface area contributed by atoms with E-state index in [0.29, 0.717) is 6.42 Å². The fourth-order valence-corrected chi connectivity index (χ4v) is 2.38. The van der Waals surface area contributed by atoms with E-state index in [1.54, 1.807) is 0 Å². The second-order valence-electron chi connectivity index (χ2n) is 6.21. The predicted octanol–water partition coefficient (Wildman–Crippen LogP) is 3.43. The molecular formula is C15H18F3NO. The number of carbonyl (C=O) groups is 1. The van der Waals surface area contributed by atoms with Crippen LogP contribution in [0.5, 0.6) is 0 Å². The Morgan fingerprint density at radius 3 is 2.35 bits per heavy atom. The van der Waals surface area contributed by atoms with Crippen molar-refractivity contribution in [1.82, 2.24) is 4.90 Å². The van der Waals surface area contributed by atoms with E-state index in [1.807, 2.05) is 18.2 Å². The summed E-state index contributed by atoms with van der Waals surface area (Å²) in [6.45, 7) is 6.32. The number of alkyl halides is 3. The first-order valence-electron chi connectivity index (χ1n) is 6.57. The fourth-order valence-electron chi connectivity index (χ4n) is 2.38. The molecule has 1 amide bonds. The summed E-state index contributed by atoms with van der Waals surface area (Å²) in [4.78, 5) is 12.2. The van der Waals surface area contributed by atoms with E-state index in [4.69, 9.17) is 0 Å². The smallest absolute Gasteiger partial charge is 0.330 e. The largest absolute Gasteiger partial charge is 0.471 e. The number of halogens is 3. The van der Waals surface area contributed by atoms with Crippen molar-refractivity contribution in [2.45, 2.75) is 45.3 Å². The van der Waals surface area contributed by atoms with Crippen LogP contribution in [-0.2, 0) is 23.2 Å². The Morgan fingerprint density at radius 2 is 1.80 bits per heavy atom. The summed E-state index contributed by atoms with van der Waals surface area (Å²) in [7, 11) is 0. The van der Waals surface area contributed by atoms with Crippen LogP contribution in [0.25, 0.3) is 0 Å². The molecule has 0 saturated heterocycles. The summed E-state index contributed by atoms with van der Waals surface area (Å²) in [6.07, 6.45) is -4.32. The number of fused-ring (bicyclic) bond motifs is 1. The van der Waals surface area contributed by atoms with Gasteiger partial charge in [0.15, 0.2) is 0 Å². The molecule has 0 saturated carbocycles. The van der Waals surface area contributed by atoms with E-state index in [2.05, 4.69) is 20.8 Å². The van der Waals surface area contributed by atoms with E-state index >= 15 is 0 Å². The zero-order valence-electron chi connectivity index (χ0n) is 11.8. The molecule has 1 aromatic rings. The molecule has 5 heteroatoms. The van der Waals surface area contributed by atoms with Gasteiger partial charge in [-0.15, -0.1) is 0 Å². The maximum absolute atomic E-state index is 12.5. The summed E-state index contributed by atoms with van der Waals surface area (Å²) in [5.74, 6) is -1.75. The molecule has 1 aliphatic heterocycles. The normalized spacial score (nSPS) is 16.0. The molecule has 20 heavy (non-hydrogen) atoms. The highest BCUT2D eigenvalue weighted by Crippen LogP contribution is 2.29. The molecule has 0 N–H and O–H groups in total. The lowest BCUT2D eigenvalue weighted by Crippen LogP contribution is -2.43. The SMILES string of the molecule is CC(C)(C)c1ccc2c(c1)CN(C(=O)C(F)(F)F)CC2. The Labute approximate surface area is 116 Å². The zero-order chi connectivity index (χ0) is 15.1. The van der Waals surface area contributed by atoms with Crippen molar-refractivity contribution < 1.29 is 18.0 Å². The monoisotopic (exact) mass is 285 g/mol. The molecule has 2 nitrogen and oxygen atoms in total. The van der Waals surface area contributed by atoms with Gasteiger partial charge in [-0.2, -0.15) is 13.2 Å². The van der Waals surface area contributed by atoms with Gasteiger partial charge in [-0.1, -0.05) is 39.0 Å². The van der Waals surface area contributed by atoms with Gasteiger partial charge in [-0.25, -0.2) is 0 Å². The molecule has 0 unspecified atom stereocenters. The number of amides is 1. The van der Waals surface area contributed by atoms with Gasteiger partial charge in [0.05, 0.1) is 0 Å². The molecule has 0 radical (unpaired) electrons. The summed E-state index contributed by atoms with van der Waals surface area (Å²) < 4.78 is 37.5. The standard InChI is InChI=1S/C15H18F3NO/c1-14(2,3)12-5-4-10-6-7-19(9-11(10)8-12)13(20)15(16,17)18/h4-5,8H,6-7,9H2,1-3H3. The molecule has 2 rings (SSSR count). The first kappa shape index (κ1) is 14.9. The number of hydrogen-bond donors (Lipinski definition) is 0. The number of rotatable bonds is 0. The summed E-state index contributed by atoms with van der Waals surface area (Å²) in [6, 6.07) is 5.90. The Kier molecular flexibility index (Phi) is 3.56. The number of hydrogen-bond acceptors (Lipinski definition) is 1. The summed E-state index contributed by atoms with van der Waals surface area (Å²) in [5, 5.41) is 0. The molecule has 0 atom stereocenters. The van der Waals surface area contributed by atoms with Crippen LogP contribution >= 0.6 is 0 Å². The van der Waals surface area contributed by atoms with Crippen LogP contribution in [0, 0.1) is 0 Å². The van der Waals surface area contributed by atoms with E-state index in [-0.39, 0.29) is 18.5 Å². The van der Waals surface area contributed by atoms with Crippen LogP contribution in [0.15, 0.2) is 18.2 Å². The summed E-state index contributed by atoms with van der Waals surface area (Å²) in [5.41, 5.74) is 2.86. The van der Waals surface area contributed by atoms with E-state index < -0.39 is 12.1 Å². The molecule has 1 aliphatic rings. The first-order valence-corrected chi connectivity index (χ1v) is 6.57. The molecule has 0 aromatic heterocycles. The van der Waals surface area contributed by atoms with Crippen LogP contribution in [0.2, 0.25) is 0 Å². The third-order valence-electron chi connectivity index (χ3n) is 3.61. The van der Waals surface area contributed by atoms with Gasteiger partial charge in [0.1, 0.15) is 0 Å². The molecule has 1 heterocycles. The Hall–Kier alpha value is -1.52. The van der Waals surface area contributed by atoms with Gasteiger partial charge < -0.3 is 4.90 Å². The Morgan fingerprint density at radius 1 is 1.15 bits per heavy atom. The van der Waals surface area contributed by atoms with Crippen molar-refractivity contribution in [3.05, 3.63) is 34.9 Å². The molecule has 0 spiro atoms. The van der Waals surface area contributed by atoms with Gasteiger partial charge in [0, 0.05) is 13.1 Å². The van der Waals surface area contributed by atoms with Crippen LogP contribution in [0.3, 0.4) is 0 Å². The second kappa shape index (κ2) is 4.79. The fraction of sp³-hybridized carbons (Fsp3) is 0.533. The topological polar surface area (TPSA) is 20.3 Å². The molecule has 1 aromatic carbocycles. The van der Waals surface area contributed by atoms with Gasteiger partial charge in [-0.05, 0) is 28.5 Å². The zero-order valence-corrected chi connectivity index (χ0v) is 11.8. The maximum atomic E-state index is 12.5. The van der Waals surface area contributed by atoms with Gasteiger partial charge >= 0.3 is 12.1 Å². The van der Waals surface area contributed by atoms with Crippen LogP contribution in [0.1, 0.15) is 37.5 Å². The summed E-state index contributed by atoms with van der Waals surface area (Å²) >= 11 is 0. The second-order valence-corrected chi connectivity index (χ2v) is 6.21. The van der Waals surface area contributed by atoms with Gasteiger partial charge in [-0.3, -0.25) is 4.79 Å². The molecule has 110 valence electrons. The molecule has 0 aliphatic carbocycles. The number of nitrogens with zero attached hydrogens (tertiary/aromatic N) is 1. The highest BCUT2D eigenvalue weighted by atomic mass is 19.4. The first-order chi connectivity index (χ1) is 9.09. The van der Waals surface area contributed by atoms with Crippen molar-refractivity contribution in [3.8, 4) is 0 Å². The minimum absolute atomic E-state index is 0.0393. The Bertz CT molecular complexity index is 529. The van der Waals surface area contributed by atoms with E-state index in [9.17, 15) is 18.0 Å². The lowest BCUT2D eigenvalue weighted by molar-refractivity contribution is -0.186. The number of carbonyl (C=O) groups excluding carboxylic acids is 1. The third-order valence-corrected chi connectivity index (χ3v) is 3.61. The van der Waals surface area contributed by atoms with Crippen molar-refractivity contribution >= 4 is 5.91 Å². The quantitative estimate of drug-likeness (QED) is 0.715. The minimum Gasteiger partial charge on any atom is -0.330 e. The van der Waals surface area contributed by atoms with Gasteiger partial charge in [0.2, 0.25) is 0 Å². The third kappa shape index (κ3) is 2.97. The van der Waals surface area contributed by atoms with Crippen LogP contribution < -0.4 is 0 Å². The minimum atomic E-state index is -4.79. The predicted molar refractivity (Wildman–Crippen MR) is 70.3 cm³/mol. The lowest BCUT2D eigenvalue weighted by Gasteiger charge is -2.31. The average Bonchev–Trinajstić information content (AvgIpc) is 2.34. The van der Waals surface area contributed by atoms with Crippen molar-refractivity contribution in [2.24, 2.45) is 0 Å². The molecular weight excluding hydrogens is 267 g/mol.